The molecule has 1 heterocycles. The Morgan fingerprint density at radius 1 is 1.03 bits per heavy atom. The molecule has 39 heavy (non-hydrogen) atoms. The normalized spacial score (nSPS) is 40.4. The van der Waals surface area contributed by atoms with Gasteiger partial charge in [0.1, 0.15) is 12.8 Å². The minimum absolute atomic E-state index is 0.0215. The highest BCUT2D eigenvalue weighted by Gasteiger charge is 2.46. The molecule has 4 saturated carbocycles. The predicted octanol–water partition coefficient (Wildman–Crippen LogP) is 5.94. The van der Waals surface area contributed by atoms with E-state index in [-0.39, 0.29) is 58.8 Å². The maximum atomic E-state index is 14.2. The number of carbonyl (C=O) groups is 1. The largest absolute Gasteiger partial charge is 0.463 e. The van der Waals surface area contributed by atoms with Crippen LogP contribution in [0.2, 0.25) is 0 Å². The van der Waals surface area contributed by atoms with Gasteiger partial charge in [-0.25, -0.2) is 4.39 Å². The van der Waals surface area contributed by atoms with Gasteiger partial charge < -0.3 is 19.7 Å². The number of rotatable bonds is 9. The predicted molar refractivity (Wildman–Crippen MR) is 144 cm³/mol. The van der Waals surface area contributed by atoms with Gasteiger partial charge in [0.05, 0.1) is 18.0 Å². The molecule has 1 aliphatic heterocycles. The van der Waals surface area contributed by atoms with Crippen molar-refractivity contribution in [2.45, 2.75) is 106 Å². The van der Waals surface area contributed by atoms with Gasteiger partial charge in [-0.15, -0.1) is 23.2 Å². The summed E-state index contributed by atoms with van der Waals surface area (Å²) >= 11 is 12.9. The Morgan fingerprint density at radius 2 is 1.79 bits per heavy atom. The highest BCUT2D eigenvalue weighted by Crippen LogP contribution is 2.46. The molecule has 2 N–H and O–H groups in total. The zero-order valence-electron chi connectivity index (χ0n) is 22.4. The molecule has 1 saturated heterocycles. The van der Waals surface area contributed by atoms with Gasteiger partial charge in [0, 0.05) is 30.3 Å². The van der Waals surface area contributed by atoms with E-state index in [9.17, 15) is 18.0 Å². The number of nitrogens with zero attached hydrogens (tertiary/aromatic N) is 1. The number of ether oxygens (including phenoxy) is 2. The number of carbonyl (C=O) groups excluding carboxylic acids is 1. The Hall–Kier alpha value is -0.930. The molecule has 222 valence electrons. The van der Waals surface area contributed by atoms with Gasteiger partial charge in [0.25, 0.3) is 6.02 Å². The molecule has 4 aliphatic carbocycles. The highest BCUT2D eigenvalue weighted by molar-refractivity contribution is 6.30. The molecule has 0 aromatic heterocycles. The summed E-state index contributed by atoms with van der Waals surface area (Å²) in [5.41, 5.74) is 0. The smallest absolute Gasteiger partial charge is 0.345 e. The van der Waals surface area contributed by atoms with Crippen LogP contribution in [0.1, 0.15) is 70.6 Å². The van der Waals surface area contributed by atoms with Crippen LogP contribution in [0.15, 0.2) is 0 Å². The third-order valence-electron chi connectivity index (χ3n) is 9.92. The van der Waals surface area contributed by atoms with E-state index in [4.69, 9.17) is 38.1 Å². The highest BCUT2D eigenvalue weighted by atomic mass is 35.5. The van der Waals surface area contributed by atoms with Gasteiger partial charge >= 0.3 is 6.61 Å². The van der Waals surface area contributed by atoms with Crippen LogP contribution in [-0.4, -0.2) is 72.2 Å². The van der Waals surface area contributed by atoms with E-state index >= 15 is 0 Å². The molecule has 11 heteroatoms. The van der Waals surface area contributed by atoms with Crippen LogP contribution in [0, 0.1) is 40.9 Å². The van der Waals surface area contributed by atoms with Crippen molar-refractivity contribution in [2.75, 3.05) is 19.7 Å². The van der Waals surface area contributed by atoms with Gasteiger partial charge in [-0.3, -0.25) is 10.2 Å². The molecule has 6 nitrogen and oxygen atoms in total. The number of hydrogen-bond donors (Lipinski definition) is 2. The second-order valence-corrected chi connectivity index (χ2v) is 13.7. The Labute approximate surface area is 239 Å². The summed E-state index contributed by atoms with van der Waals surface area (Å²) in [7, 11) is 0. The number of amidine groups is 1. The second kappa shape index (κ2) is 12.9. The van der Waals surface area contributed by atoms with Crippen molar-refractivity contribution in [3.8, 4) is 0 Å². The molecule has 0 radical (unpaired) electrons. The molecule has 10 atom stereocenters. The first kappa shape index (κ1) is 29.6. The van der Waals surface area contributed by atoms with Crippen molar-refractivity contribution >= 4 is 35.1 Å². The molecule has 5 aliphatic rings. The van der Waals surface area contributed by atoms with Crippen molar-refractivity contribution in [3.05, 3.63) is 0 Å². The SMILES string of the molecule is N=C1OCCN1CC1CC(C(=O)N[C@@H](C2CC2)C2CCC(Cl)C(Cl)C2)CC(C2CCC(F)CC2OC(F)F)C1. The standard InChI is InChI=1S/C28H42Cl2F3N3O3/c29-22-6-3-17(12-23(22)30)25(16-1-2-16)35-26(37)19-10-15(14-36-7-8-38-28(36)34)9-18(11-19)21-5-4-20(31)13-24(21)39-27(32)33/h15-25,27,34H,1-14H2,(H,35,37)/t15?,17?,18?,19?,20?,21?,22?,23?,24?,25-/m0/s1. The Bertz CT molecular complexity index is 867. The van der Waals surface area contributed by atoms with E-state index < -0.39 is 18.9 Å². The van der Waals surface area contributed by atoms with Gasteiger partial charge in [-0.2, -0.15) is 8.78 Å². The van der Waals surface area contributed by atoms with Crippen LogP contribution < -0.4 is 5.32 Å². The molecule has 5 fully saturated rings. The van der Waals surface area contributed by atoms with Crippen LogP contribution in [0.5, 0.6) is 0 Å². The fourth-order valence-electron chi connectivity index (χ4n) is 7.85. The molecule has 0 aromatic carbocycles. The van der Waals surface area contributed by atoms with E-state index in [1.54, 1.807) is 0 Å². The van der Waals surface area contributed by atoms with Crippen LogP contribution in [0.25, 0.3) is 0 Å². The number of halogens is 5. The van der Waals surface area contributed by atoms with Gasteiger partial charge in [0.2, 0.25) is 5.91 Å². The number of alkyl halides is 5. The topological polar surface area (TPSA) is 74.7 Å². The fourth-order valence-corrected chi connectivity index (χ4v) is 8.44. The van der Waals surface area contributed by atoms with Crippen molar-refractivity contribution in [1.29, 1.82) is 5.41 Å². The van der Waals surface area contributed by atoms with Crippen molar-refractivity contribution < 1.29 is 27.4 Å². The summed E-state index contributed by atoms with van der Waals surface area (Å²) in [6.07, 6.45) is 5.62. The summed E-state index contributed by atoms with van der Waals surface area (Å²) < 4.78 is 51.0. The van der Waals surface area contributed by atoms with Gasteiger partial charge in [0.15, 0.2) is 0 Å². The van der Waals surface area contributed by atoms with E-state index in [1.165, 1.54) is 0 Å². The van der Waals surface area contributed by atoms with Crippen molar-refractivity contribution in [1.82, 2.24) is 10.2 Å². The molecular weight excluding hydrogens is 554 g/mol. The minimum Gasteiger partial charge on any atom is -0.463 e. The zero-order valence-corrected chi connectivity index (χ0v) is 23.9. The second-order valence-electron chi connectivity index (χ2n) is 12.6. The number of amides is 1. The van der Waals surface area contributed by atoms with Crippen molar-refractivity contribution in [3.63, 3.8) is 0 Å². The fraction of sp³-hybridized carbons (Fsp3) is 0.929. The van der Waals surface area contributed by atoms with E-state index in [2.05, 4.69) is 5.32 Å². The average molecular weight is 597 g/mol. The molecule has 9 unspecified atom stereocenters. The number of hydrogen-bond acceptors (Lipinski definition) is 4. The zero-order chi connectivity index (χ0) is 27.7. The molecule has 5 rings (SSSR count). The van der Waals surface area contributed by atoms with Crippen LogP contribution in [0.4, 0.5) is 13.2 Å². The lowest BCUT2D eigenvalue weighted by molar-refractivity contribution is -0.196. The third-order valence-corrected chi connectivity index (χ3v) is 11.1. The first-order chi connectivity index (χ1) is 18.7. The minimum atomic E-state index is -2.95. The summed E-state index contributed by atoms with van der Waals surface area (Å²) in [6.45, 7) is -1.25. The maximum Gasteiger partial charge on any atom is 0.345 e. The molecule has 0 aromatic rings. The maximum absolute atomic E-state index is 14.2. The van der Waals surface area contributed by atoms with E-state index in [0.717, 1.165) is 38.5 Å². The summed E-state index contributed by atoms with van der Waals surface area (Å²) in [6, 6.07) is 0.230. The Morgan fingerprint density at radius 3 is 2.46 bits per heavy atom. The van der Waals surface area contributed by atoms with E-state index in [1.807, 2.05) is 4.90 Å². The molecule has 0 bridgehead atoms. The summed E-state index contributed by atoms with van der Waals surface area (Å²) in [5.74, 6) is 0.407. The summed E-state index contributed by atoms with van der Waals surface area (Å²) in [4.78, 5) is 15.7. The lowest BCUT2D eigenvalue weighted by atomic mass is 9.65. The van der Waals surface area contributed by atoms with E-state index in [0.29, 0.717) is 57.2 Å². The first-order valence-corrected chi connectivity index (χ1v) is 15.7. The van der Waals surface area contributed by atoms with Gasteiger partial charge in [-0.05, 0) is 93.8 Å². The third kappa shape index (κ3) is 7.48. The average Bonchev–Trinajstić information content (AvgIpc) is 3.65. The molecule has 1 amide bonds. The Kier molecular flexibility index (Phi) is 9.80. The quantitative estimate of drug-likeness (QED) is 0.323. The first-order valence-electron chi connectivity index (χ1n) is 14.8. The van der Waals surface area contributed by atoms with Crippen LogP contribution >= 0.6 is 23.2 Å². The molecule has 0 spiro atoms. The Balaban J connectivity index is 1.30. The van der Waals surface area contributed by atoms with Gasteiger partial charge in [-0.1, -0.05) is 0 Å². The molecular formula is C28H42Cl2F3N3O3. The van der Waals surface area contributed by atoms with Crippen LogP contribution in [-0.2, 0) is 14.3 Å². The van der Waals surface area contributed by atoms with Crippen molar-refractivity contribution in [2.24, 2.45) is 35.5 Å². The lowest BCUT2D eigenvalue weighted by Crippen LogP contribution is -2.49. The summed E-state index contributed by atoms with van der Waals surface area (Å²) in [5, 5.41) is 11.4. The monoisotopic (exact) mass is 595 g/mol. The van der Waals surface area contributed by atoms with Crippen LogP contribution in [0.3, 0.4) is 0 Å². The number of nitrogens with one attached hydrogen (secondary N) is 2. The lowest BCUT2D eigenvalue weighted by Gasteiger charge is -2.44.